The van der Waals surface area contributed by atoms with E-state index in [2.05, 4.69) is 20.8 Å². The van der Waals surface area contributed by atoms with Gasteiger partial charge < -0.3 is 19.5 Å². The van der Waals surface area contributed by atoms with Gasteiger partial charge in [0, 0.05) is 37.1 Å². The van der Waals surface area contributed by atoms with Crippen molar-refractivity contribution in [1.29, 1.82) is 0 Å². The summed E-state index contributed by atoms with van der Waals surface area (Å²) in [6, 6.07) is 15.7. The molecule has 0 unspecified atom stereocenters. The molecule has 1 N–H and O–H groups in total. The molecule has 0 bridgehead atoms. The topological polar surface area (TPSA) is 62.2 Å². The van der Waals surface area contributed by atoms with E-state index in [4.69, 9.17) is 9.47 Å². The SMILES string of the molecule is O=C1CCCN1CCOc1ccc(CN2C[C@H](Oc3ccc(Br)cc3)[C@@H](O)C2)cc1. The minimum Gasteiger partial charge on any atom is -0.492 e. The molecular weight excluding hydrogens is 448 g/mol. The van der Waals surface area contributed by atoms with E-state index in [0.29, 0.717) is 32.7 Å². The molecule has 160 valence electrons. The largest absolute Gasteiger partial charge is 0.492 e. The smallest absolute Gasteiger partial charge is 0.222 e. The summed E-state index contributed by atoms with van der Waals surface area (Å²) >= 11 is 3.42. The van der Waals surface area contributed by atoms with Crippen LogP contribution in [0.5, 0.6) is 11.5 Å². The Kier molecular flexibility index (Phi) is 6.92. The van der Waals surface area contributed by atoms with Gasteiger partial charge in [-0.05, 0) is 48.4 Å². The van der Waals surface area contributed by atoms with Crippen LogP contribution in [0.3, 0.4) is 0 Å². The van der Waals surface area contributed by atoms with Crippen LogP contribution in [0.15, 0.2) is 53.0 Å². The molecule has 2 saturated heterocycles. The first-order valence-corrected chi connectivity index (χ1v) is 11.2. The van der Waals surface area contributed by atoms with Crippen LogP contribution in [0.2, 0.25) is 0 Å². The quantitative estimate of drug-likeness (QED) is 0.636. The maximum Gasteiger partial charge on any atom is 0.222 e. The summed E-state index contributed by atoms with van der Waals surface area (Å²) in [5.41, 5.74) is 1.16. The third kappa shape index (κ3) is 5.53. The lowest BCUT2D eigenvalue weighted by Crippen LogP contribution is -2.29. The molecule has 0 radical (unpaired) electrons. The summed E-state index contributed by atoms with van der Waals surface area (Å²) < 4.78 is 12.7. The van der Waals surface area contributed by atoms with Gasteiger partial charge in [-0.3, -0.25) is 9.69 Å². The van der Waals surface area contributed by atoms with Crippen molar-refractivity contribution in [2.24, 2.45) is 0 Å². The first-order valence-electron chi connectivity index (χ1n) is 10.4. The minimum absolute atomic E-state index is 0.226. The van der Waals surface area contributed by atoms with Crippen LogP contribution < -0.4 is 9.47 Å². The Labute approximate surface area is 185 Å². The number of halogens is 1. The van der Waals surface area contributed by atoms with Gasteiger partial charge in [-0.2, -0.15) is 0 Å². The number of carbonyl (C=O) groups excluding carboxylic acids is 1. The number of carbonyl (C=O) groups is 1. The summed E-state index contributed by atoms with van der Waals surface area (Å²) in [5, 5.41) is 10.4. The standard InChI is InChI=1S/C23H27BrN2O4/c24-18-5-9-20(10-6-18)30-22-16-25(15-21(22)27)14-17-3-7-19(8-4-17)29-13-12-26-11-1-2-23(26)28/h3-10,21-22,27H,1-2,11-16H2/t21-,22-/m0/s1. The normalized spacial score (nSPS) is 21.9. The highest BCUT2D eigenvalue weighted by Gasteiger charge is 2.33. The maximum absolute atomic E-state index is 11.6. The number of β-amino-alcohol motifs (C(OH)–C–C–N with tert-alkyl or cyclic N) is 1. The van der Waals surface area contributed by atoms with Crippen molar-refractivity contribution in [2.45, 2.75) is 31.6 Å². The molecule has 2 atom stereocenters. The van der Waals surface area contributed by atoms with E-state index in [1.165, 1.54) is 0 Å². The fourth-order valence-corrected chi connectivity index (χ4v) is 4.19. The van der Waals surface area contributed by atoms with Crippen LogP contribution in [0.1, 0.15) is 18.4 Å². The summed E-state index contributed by atoms with van der Waals surface area (Å²) in [5.74, 6) is 1.80. The molecule has 7 heteroatoms. The van der Waals surface area contributed by atoms with Gasteiger partial charge in [0.05, 0.1) is 6.54 Å². The number of benzene rings is 2. The fraction of sp³-hybridized carbons (Fsp3) is 0.435. The van der Waals surface area contributed by atoms with Gasteiger partial charge in [0.25, 0.3) is 0 Å². The van der Waals surface area contributed by atoms with E-state index < -0.39 is 6.10 Å². The zero-order valence-corrected chi connectivity index (χ0v) is 18.5. The number of hydrogen-bond donors (Lipinski definition) is 1. The summed E-state index contributed by atoms with van der Waals surface area (Å²) in [6.07, 6.45) is 0.870. The lowest BCUT2D eigenvalue weighted by molar-refractivity contribution is -0.128. The lowest BCUT2D eigenvalue weighted by atomic mass is 10.2. The van der Waals surface area contributed by atoms with E-state index in [-0.39, 0.29) is 12.0 Å². The molecule has 2 aliphatic rings. The second kappa shape index (κ2) is 9.81. The van der Waals surface area contributed by atoms with Gasteiger partial charge in [-0.15, -0.1) is 0 Å². The molecule has 0 aromatic heterocycles. The zero-order chi connectivity index (χ0) is 20.9. The Morgan fingerprint density at radius 1 is 1.03 bits per heavy atom. The van der Waals surface area contributed by atoms with Crippen LogP contribution in [0.25, 0.3) is 0 Å². The average Bonchev–Trinajstić information content (AvgIpc) is 3.30. The van der Waals surface area contributed by atoms with E-state index >= 15 is 0 Å². The Bertz CT molecular complexity index is 843. The van der Waals surface area contributed by atoms with Crippen molar-refractivity contribution in [1.82, 2.24) is 9.80 Å². The molecule has 2 aliphatic heterocycles. The van der Waals surface area contributed by atoms with Gasteiger partial charge in [0.2, 0.25) is 5.91 Å². The van der Waals surface area contributed by atoms with Crippen molar-refractivity contribution < 1.29 is 19.4 Å². The summed E-state index contributed by atoms with van der Waals surface area (Å²) in [6.45, 7) is 4.02. The molecule has 30 heavy (non-hydrogen) atoms. The minimum atomic E-state index is -0.510. The molecule has 0 saturated carbocycles. The molecule has 2 aromatic carbocycles. The van der Waals surface area contributed by atoms with Gasteiger partial charge >= 0.3 is 0 Å². The zero-order valence-electron chi connectivity index (χ0n) is 16.9. The monoisotopic (exact) mass is 474 g/mol. The number of rotatable bonds is 8. The van der Waals surface area contributed by atoms with Gasteiger partial charge in [-0.1, -0.05) is 28.1 Å². The predicted molar refractivity (Wildman–Crippen MR) is 118 cm³/mol. The third-order valence-electron chi connectivity index (χ3n) is 5.54. The van der Waals surface area contributed by atoms with E-state index in [9.17, 15) is 9.90 Å². The van der Waals surface area contributed by atoms with E-state index in [1.54, 1.807) is 0 Å². The van der Waals surface area contributed by atoms with Crippen molar-refractivity contribution in [3.05, 3.63) is 58.6 Å². The molecule has 1 amide bonds. The third-order valence-corrected chi connectivity index (χ3v) is 6.07. The second-order valence-electron chi connectivity index (χ2n) is 7.85. The molecule has 0 aliphatic carbocycles. The number of aliphatic hydroxyl groups is 1. The Morgan fingerprint density at radius 2 is 1.77 bits per heavy atom. The average molecular weight is 475 g/mol. The van der Waals surface area contributed by atoms with Gasteiger partial charge in [-0.25, -0.2) is 0 Å². The number of hydrogen-bond acceptors (Lipinski definition) is 5. The molecule has 2 fully saturated rings. The van der Waals surface area contributed by atoms with Crippen LogP contribution in [-0.4, -0.2) is 65.8 Å². The number of amides is 1. The molecule has 2 aromatic rings. The second-order valence-corrected chi connectivity index (χ2v) is 8.76. The molecule has 6 nitrogen and oxygen atoms in total. The van der Waals surface area contributed by atoms with Crippen LogP contribution in [0, 0.1) is 0 Å². The molecule has 2 heterocycles. The van der Waals surface area contributed by atoms with Crippen molar-refractivity contribution in [3.63, 3.8) is 0 Å². The fourth-order valence-electron chi connectivity index (χ4n) is 3.93. The molecule has 4 rings (SSSR count). The molecular formula is C23H27BrN2O4. The Balaban J connectivity index is 1.23. The van der Waals surface area contributed by atoms with Crippen LogP contribution in [-0.2, 0) is 11.3 Å². The highest BCUT2D eigenvalue weighted by Crippen LogP contribution is 2.23. The number of nitrogens with zero attached hydrogens (tertiary/aromatic N) is 2. The maximum atomic E-state index is 11.6. The molecule has 0 spiro atoms. The van der Waals surface area contributed by atoms with Gasteiger partial charge in [0.15, 0.2) is 0 Å². The van der Waals surface area contributed by atoms with Crippen LogP contribution in [0.4, 0.5) is 0 Å². The van der Waals surface area contributed by atoms with Crippen LogP contribution >= 0.6 is 15.9 Å². The number of likely N-dealkylation sites (tertiary alicyclic amines) is 2. The summed E-state index contributed by atoms with van der Waals surface area (Å²) in [4.78, 5) is 15.7. The highest BCUT2D eigenvalue weighted by molar-refractivity contribution is 9.10. The highest BCUT2D eigenvalue weighted by atomic mass is 79.9. The summed E-state index contributed by atoms with van der Waals surface area (Å²) in [7, 11) is 0. The lowest BCUT2D eigenvalue weighted by Gasteiger charge is -2.18. The van der Waals surface area contributed by atoms with Gasteiger partial charge in [0.1, 0.15) is 30.3 Å². The Morgan fingerprint density at radius 3 is 2.47 bits per heavy atom. The first kappa shape index (κ1) is 21.2. The van der Waals surface area contributed by atoms with E-state index in [1.807, 2.05) is 53.4 Å². The first-order chi connectivity index (χ1) is 14.6. The number of aliphatic hydroxyl groups excluding tert-OH is 1. The van der Waals surface area contributed by atoms with E-state index in [0.717, 1.165) is 41.0 Å². The van der Waals surface area contributed by atoms with Crippen molar-refractivity contribution in [3.8, 4) is 11.5 Å². The number of ether oxygens (including phenoxy) is 2. The van der Waals surface area contributed by atoms with Crippen molar-refractivity contribution in [2.75, 3.05) is 32.8 Å². The van der Waals surface area contributed by atoms with Crippen molar-refractivity contribution >= 4 is 21.8 Å². The Hall–Kier alpha value is -2.09. The predicted octanol–water partition coefficient (Wildman–Crippen LogP) is 3.07.